The van der Waals surface area contributed by atoms with E-state index in [0.717, 1.165) is 12.1 Å². The number of ether oxygens (including phenoxy) is 1. The molecule has 0 saturated carbocycles. The number of aromatic nitrogens is 3. The van der Waals surface area contributed by atoms with Crippen molar-refractivity contribution in [3.05, 3.63) is 69.1 Å². The molecular formula is C24H25Cl2N5O3. The summed E-state index contributed by atoms with van der Waals surface area (Å²) in [6.07, 6.45) is 3.04. The Morgan fingerprint density at radius 1 is 1.21 bits per heavy atom. The highest BCUT2D eigenvalue weighted by molar-refractivity contribution is 6.32. The predicted octanol–water partition coefficient (Wildman–Crippen LogP) is 4.46. The molecule has 2 amide bonds. The van der Waals surface area contributed by atoms with Gasteiger partial charge in [-0.1, -0.05) is 30.1 Å². The number of nitrogens with one attached hydrogen (secondary N) is 2. The van der Waals surface area contributed by atoms with Crippen molar-refractivity contribution in [2.75, 3.05) is 25.1 Å². The third kappa shape index (κ3) is 5.24. The van der Waals surface area contributed by atoms with E-state index in [1.165, 1.54) is 4.68 Å². The largest absolute Gasteiger partial charge is 0.381 e. The molecule has 0 unspecified atom stereocenters. The molecule has 8 nitrogen and oxygen atoms in total. The Morgan fingerprint density at radius 3 is 2.68 bits per heavy atom. The van der Waals surface area contributed by atoms with Crippen LogP contribution in [0.1, 0.15) is 45.4 Å². The third-order valence-corrected chi connectivity index (χ3v) is 5.97. The SMILES string of the molecule is CCCNC(=O)c1cc(Cl)cc(C)c1NC(=O)c1cc(CC2COC2)nn1-c1ncccc1Cl. The molecule has 1 saturated heterocycles. The van der Waals surface area contributed by atoms with Crippen LogP contribution in [0.5, 0.6) is 0 Å². The van der Waals surface area contributed by atoms with E-state index >= 15 is 0 Å². The quantitative estimate of drug-likeness (QED) is 0.474. The van der Waals surface area contributed by atoms with Gasteiger partial charge in [0.2, 0.25) is 0 Å². The Morgan fingerprint density at radius 2 is 2.00 bits per heavy atom. The van der Waals surface area contributed by atoms with Crippen LogP contribution in [0, 0.1) is 12.8 Å². The van der Waals surface area contributed by atoms with E-state index in [1.54, 1.807) is 43.5 Å². The molecule has 0 spiro atoms. The number of nitrogens with zero attached hydrogens (tertiary/aromatic N) is 3. The number of benzene rings is 1. The molecule has 4 rings (SSSR count). The second-order valence-corrected chi connectivity index (χ2v) is 9.05. The third-order valence-electron chi connectivity index (χ3n) is 5.46. The average Bonchev–Trinajstić information content (AvgIpc) is 3.20. The van der Waals surface area contributed by atoms with Crippen molar-refractivity contribution in [2.45, 2.75) is 26.7 Å². The first kappa shape index (κ1) is 24.2. The summed E-state index contributed by atoms with van der Waals surface area (Å²) in [5.74, 6) is -0.0556. The average molecular weight is 502 g/mol. The molecule has 34 heavy (non-hydrogen) atoms. The van der Waals surface area contributed by atoms with Gasteiger partial charge in [-0.15, -0.1) is 0 Å². The van der Waals surface area contributed by atoms with Gasteiger partial charge in [-0.05, 0) is 55.7 Å². The van der Waals surface area contributed by atoms with Crippen molar-refractivity contribution in [3.8, 4) is 5.82 Å². The summed E-state index contributed by atoms with van der Waals surface area (Å²) < 4.78 is 6.70. The van der Waals surface area contributed by atoms with E-state index in [2.05, 4.69) is 20.7 Å². The Kier molecular flexibility index (Phi) is 7.50. The van der Waals surface area contributed by atoms with Crippen LogP contribution in [-0.4, -0.2) is 46.3 Å². The van der Waals surface area contributed by atoms with Crippen LogP contribution >= 0.6 is 23.2 Å². The zero-order valence-corrected chi connectivity index (χ0v) is 20.4. The van der Waals surface area contributed by atoms with Gasteiger partial charge in [-0.25, -0.2) is 9.67 Å². The fraction of sp³-hybridized carbons (Fsp3) is 0.333. The zero-order valence-electron chi connectivity index (χ0n) is 18.9. The summed E-state index contributed by atoms with van der Waals surface area (Å²) in [6, 6.07) is 8.36. The molecule has 2 aromatic heterocycles. The number of carbonyl (C=O) groups excluding carboxylic acids is 2. The number of halogens is 2. The molecule has 0 radical (unpaired) electrons. The predicted molar refractivity (Wildman–Crippen MR) is 131 cm³/mol. The van der Waals surface area contributed by atoms with Gasteiger partial charge in [0.1, 0.15) is 5.69 Å². The first-order chi connectivity index (χ1) is 16.4. The van der Waals surface area contributed by atoms with Crippen LogP contribution in [0.3, 0.4) is 0 Å². The molecule has 2 N–H and O–H groups in total. The van der Waals surface area contributed by atoms with Gasteiger partial charge in [-0.2, -0.15) is 5.10 Å². The number of rotatable bonds is 8. The lowest BCUT2D eigenvalue weighted by atomic mass is 10.0. The molecule has 0 atom stereocenters. The van der Waals surface area contributed by atoms with Crippen molar-refractivity contribution in [3.63, 3.8) is 0 Å². The highest BCUT2D eigenvalue weighted by Gasteiger charge is 2.25. The van der Waals surface area contributed by atoms with Gasteiger partial charge in [0, 0.05) is 23.7 Å². The Hall–Kier alpha value is -2.94. The molecule has 178 valence electrons. The molecule has 3 aromatic rings. The summed E-state index contributed by atoms with van der Waals surface area (Å²) in [5, 5.41) is 11.1. The highest BCUT2D eigenvalue weighted by Crippen LogP contribution is 2.28. The Balaban J connectivity index is 1.71. The van der Waals surface area contributed by atoms with E-state index < -0.39 is 5.91 Å². The van der Waals surface area contributed by atoms with Crippen LogP contribution < -0.4 is 10.6 Å². The molecule has 3 heterocycles. The monoisotopic (exact) mass is 501 g/mol. The minimum Gasteiger partial charge on any atom is -0.381 e. The first-order valence-electron chi connectivity index (χ1n) is 11.0. The maximum atomic E-state index is 13.5. The number of hydrogen-bond acceptors (Lipinski definition) is 5. The molecule has 1 aliphatic rings. The highest BCUT2D eigenvalue weighted by atomic mass is 35.5. The smallest absolute Gasteiger partial charge is 0.274 e. The Bertz CT molecular complexity index is 1220. The normalized spacial score (nSPS) is 13.4. The van der Waals surface area contributed by atoms with Gasteiger partial charge in [0.05, 0.1) is 35.2 Å². The van der Waals surface area contributed by atoms with Gasteiger partial charge < -0.3 is 15.4 Å². The number of carbonyl (C=O) groups is 2. The van der Waals surface area contributed by atoms with Gasteiger partial charge >= 0.3 is 0 Å². The lowest BCUT2D eigenvalue weighted by Crippen LogP contribution is -2.29. The van der Waals surface area contributed by atoms with Gasteiger partial charge in [-0.3, -0.25) is 9.59 Å². The summed E-state index contributed by atoms with van der Waals surface area (Å²) in [5.41, 5.74) is 2.33. The molecule has 0 aliphatic carbocycles. The molecule has 1 aromatic carbocycles. The van der Waals surface area contributed by atoms with E-state index in [0.29, 0.717) is 64.8 Å². The maximum absolute atomic E-state index is 13.5. The van der Waals surface area contributed by atoms with Gasteiger partial charge in [0.25, 0.3) is 11.8 Å². The van der Waals surface area contributed by atoms with E-state index in [1.807, 2.05) is 6.92 Å². The number of pyridine rings is 1. The molecular weight excluding hydrogens is 477 g/mol. The lowest BCUT2D eigenvalue weighted by molar-refractivity contribution is -0.0316. The van der Waals surface area contributed by atoms with Crippen molar-refractivity contribution in [2.24, 2.45) is 5.92 Å². The minimum absolute atomic E-state index is 0.255. The standard InChI is InChI=1S/C24H25Cl2N5O3/c1-3-6-28-23(32)18-10-16(25)8-14(2)21(18)29-24(33)20-11-17(9-15-12-34-13-15)30-31(20)22-19(26)5-4-7-27-22/h4-5,7-8,10-11,15H,3,6,9,12-13H2,1-2H3,(H,28,32)(H,29,33). The topological polar surface area (TPSA) is 98.1 Å². The Labute approximate surface area is 207 Å². The van der Waals surface area contributed by atoms with Crippen molar-refractivity contribution < 1.29 is 14.3 Å². The van der Waals surface area contributed by atoms with E-state index in [9.17, 15) is 9.59 Å². The fourth-order valence-corrected chi connectivity index (χ4v) is 4.16. The number of hydrogen-bond donors (Lipinski definition) is 2. The maximum Gasteiger partial charge on any atom is 0.274 e. The molecule has 0 bridgehead atoms. The second-order valence-electron chi connectivity index (χ2n) is 8.20. The summed E-state index contributed by atoms with van der Waals surface area (Å²) in [4.78, 5) is 30.6. The first-order valence-corrected chi connectivity index (χ1v) is 11.8. The van der Waals surface area contributed by atoms with Crippen LogP contribution in [-0.2, 0) is 11.2 Å². The van der Waals surface area contributed by atoms with Crippen LogP contribution in [0.25, 0.3) is 5.82 Å². The lowest BCUT2D eigenvalue weighted by Gasteiger charge is -2.24. The van der Waals surface area contributed by atoms with Crippen molar-refractivity contribution in [1.82, 2.24) is 20.1 Å². The number of amides is 2. The van der Waals surface area contributed by atoms with Gasteiger partial charge in [0.15, 0.2) is 5.82 Å². The van der Waals surface area contributed by atoms with Crippen LogP contribution in [0.15, 0.2) is 36.5 Å². The number of anilines is 1. The second kappa shape index (κ2) is 10.5. The summed E-state index contributed by atoms with van der Waals surface area (Å²) in [6.45, 7) is 5.59. The molecule has 1 aliphatic heterocycles. The summed E-state index contributed by atoms with van der Waals surface area (Å²) in [7, 11) is 0. The van der Waals surface area contributed by atoms with Crippen molar-refractivity contribution >= 4 is 40.7 Å². The van der Waals surface area contributed by atoms with Crippen LogP contribution in [0.4, 0.5) is 5.69 Å². The zero-order chi connectivity index (χ0) is 24.2. The van der Waals surface area contributed by atoms with Crippen molar-refractivity contribution in [1.29, 1.82) is 0 Å². The molecule has 10 heteroatoms. The summed E-state index contributed by atoms with van der Waals surface area (Å²) >= 11 is 12.6. The van der Waals surface area contributed by atoms with E-state index in [4.69, 9.17) is 27.9 Å². The molecule has 1 fully saturated rings. The number of aryl methyl sites for hydroxylation is 1. The van der Waals surface area contributed by atoms with Crippen LogP contribution in [0.2, 0.25) is 10.0 Å². The van der Waals surface area contributed by atoms with E-state index in [-0.39, 0.29) is 11.6 Å². The fourth-order valence-electron chi connectivity index (χ4n) is 3.68. The minimum atomic E-state index is -0.444.